The van der Waals surface area contributed by atoms with Crippen molar-refractivity contribution >= 4 is 21.6 Å². The molecule has 0 saturated carbocycles. The zero-order valence-electron chi connectivity index (χ0n) is 14.5. The van der Waals surface area contributed by atoms with Crippen molar-refractivity contribution in [1.29, 1.82) is 5.26 Å². The van der Waals surface area contributed by atoms with Crippen molar-refractivity contribution < 1.29 is 17.9 Å². The maximum Gasteiger partial charge on any atom is 0.261 e. The Hall–Kier alpha value is -2.89. The van der Waals surface area contributed by atoms with Gasteiger partial charge in [0, 0.05) is 18.7 Å². The number of nitrogens with one attached hydrogen (secondary N) is 2. The second kappa shape index (κ2) is 8.20. The summed E-state index contributed by atoms with van der Waals surface area (Å²) in [5.41, 5.74) is 0.643. The van der Waals surface area contributed by atoms with Crippen LogP contribution in [0.5, 0.6) is 0 Å². The number of rotatable bonds is 6. The van der Waals surface area contributed by atoms with Crippen LogP contribution in [-0.2, 0) is 14.8 Å². The van der Waals surface area contributed by atoms with E-state index in [-0.39, 0.29) is 33.7 Å². The first-order valence-corrected chi connectivity index (χ1v) is 10.00. The van der Waals surface area contributed by atoms with Crippen molar-refractivity contribution in [3.8, 4) is 6.07 Å². The minimum Gasteiger partial charge on any atom is -0.376 e. The minimum atomic E-state index is -3.94. The van der Waals surface area contributed by atoms with Crippen molar-refractivity contribution in [1.82, 2.24) is 5.32 Å². The number of carbonyl (C=O) groups excluding carboxylic acids is 1. The number of amides is 1. The van der Waals surface area contributed by atoms with Gasteiger partial charge in [0.15, 0.2) is 0 Å². The Kier molecular flexibility index (Phi) is 5.74. The lowest BCUT2D eigenvalue weighted by molar-refractivity contribution is 0.0857. The molecule has 1 aliphatic heterocycles. The maximum atomic E-state index is 12.6. The van der Waals surface area contributed by atoms with Gasteiger partial charge in [-0.1, -0.05) is 18.2 Å². The number of benzene rings is 2. The van der Waals surface area contributed by atoms with Gasteiger partial charge in [-0.2, -0.15) is 5.26 Å². The topological polar surface area (TPSA) is 108 Å². The molecule has 8 heteroatoms. The molecule has 1 atom stereocenters. The van der Waals surface area contributed by atoms with Gasteiger partial charge in [-0.05, 0) is 43.2 Å². The summed E-state index contributed by atoms with van der Waals surface area (Å²) in [6.07, 6.45) is 1.88. The Morgan fingerprint density at radius 2 is 2.04 bits per heavy atom. The molecule has 1 saturated heterocycles. The van der Waals surface area contributed by atoms with Gasteiger partial charge < -0.3 is 10.1 Å². The van der Waals surface area contributed by atoms with Crippen LogP contribution in [0.3, 0.4) is 0 Å². The third kappa shape index (κ3) is 4.64. The molecule has 1 heterocycles. The van der Waals surface area contributed by atoms with Crippen LogP contribution in [-0.4, -0.2) is 33.6 Å². The number of para-hydroxylation sites is 1. The molecule has 2 aromatic rings. The molecule has 0 spiro atoms. The molecule has 0 aliphatic carbocycles. The highest BCUT2D eigenvalue weighted by Crippen LogP contribution is 2.20. The Balaban J connectivity index is 1.75. The van der Waals surface area contributed by atoms with Gasteiger partial charge in [-0.15, -0.1) is 0 Å². The normalized spacial score (nSPS) is 16.5. The summed E-state index contributed by atoms with van der Waals surface area (Å²) < 4.78 is 33.1. The van der Waals surface area contributed by atoms with E-state index >= 15 is 0 Å². The number of sulfonamides is 1. The van der Waals surface area contributed by atoms with Crippen molar-refractivity contribution in [3.63, 3.8) is 0 Å². The van der Waals surface area contributed by atoms with Crippen molar-refractivity contribution in [2.75, 3.05) is 17.9 Å². The largest absolute Gasteiger partial charge is 0.376 e. The lowest BCUT2D eigenvalue weighted by Crippen LogP contribution is -2.31. The third-order valence-electron chi connectivity index (χ3n) is 4.21. The fourth-order valence-electron chi connectivity index (χ4n) is 2.79. The van der Waals surface area contributed by atoms with Gasteiger partial charge >= 0.3 is 0 Å². The maximum absolute atomic E-state index is 12.6. The molecule has 3 rings (SSSR count). The Bertz CT molecular complexity index is 976. The summed E-state index contributed by atoms with van der Waals surface area (Å²) in [7, 11) is -3.94. The summed E-state index contributed by atoms with van der Waals surface area (Å²) in [6.45, 7) is 1.09. The number of hydrogen-bond donors (Lipinski definition) is 2. The smallest absolute Gasteiger partial charge is 0.261 e. The van der Waals surface area contributed by atoms with E-state index in [4.69, 9.17) is 10.00 Å². The summed E-state index contributed by atoms with van der Waals surface area (Å²) in [6, 6.07) is 14.0. The predicted molar refractivity (Wildman–Crippen MR) is 99.7 cm³/mol. The third-order valence-corrected chi connectivity index (χ3v) is 5.58. The van der Waals surface area contributed by atoms with E-state index in [0.29, 0.717) is 13.2 Å². The molecule has 1 amide bonds. The quantitative estimate of drug-likeness (QED) is 0.793. The molecule has 140 valence electrons. The van der Waals surface area contributed by atoms with E-state index in [1.807, 2.05) is 6.07 Å². The van der Waals surface area contributed by atoms with Crippen LogP contribution in [0.4, 0.5) is 5.69 Å². The van der Waals surface area contributed by atoms with Crippen LogP contribution >= 0.6 is 0 Å². The van der Waals surface area contributed by atoms with Crippen LogP contribution in [0, 0.1) is 11.3 Å². The average Bonchev–Trinajstić information content (AvgIpc) is 3.20. The van der Waals surface area contributed by atoms with Gasteiger partial charge in [-0.3, -0.25) is 9.52 Å². The predicted octanol–water partition coefficient (Wildman–Crippen LogP) is 2.27. The number of anilines is 1. The number of ether oxygens (including phenoxy) is 1. The molecule has 27 heavy (non-hydrogen) atoms. The fraction of sp³-hybridized carbons (Fsp3) is 0.263. The molecule has 0 bridgehead atoms. The van der Waals surface area contributed by atoms with Crippen LogP contribution in [0.25, 0.3) is 0 Å². The summed E-state index contributed by atoms with van der Waals surface area (Å²) in [4.78, 5) is 12.3. The molecule has 1 fully saturated rings. The van der Waals surface area contributed by atoms with E-state index in [1.54, 1.807) is 18.2 Å². The first kappa shape index (κ1) is 18.9. The summed E-state index contributed by atoms with van der Waals surface area (Å²) in [5.74, 6) is -0.361. The number of nitriles is 1. The molecule has 1 unspecified atom stereocenters. The van der Waals surface area contributed by atoms with Crippen LogP contribution in [0.2, 0.25) is 0 Å². The van der Waals surface area contributed by atoms with Crippen molar-refractivity contribution in [2.24, 2.45) is 0 Å². The Morgan fingerprint density at radius 3 is 2.78 bits per heavy atom. The molecular formula is C19H19N3O4S. The number of carbonyl (C=O) groups is 1. The number of nitrogens with zero attached hydrogens (tertiary/aromatic N) is 1. The van der Waals surface area contributed by atoms with Crippen LogP contribution in [0.15, 0.2) is 53.4 Å². The molecular weight excluding hydrogens is 366 g/mol. The molecule has 0 aromatic heterocycles. The van der Waals surface area contributed by atoms with E-state index in [1.165, 1.54) is 30.3 Å². The molecule has 2 N–H and O–H groups in total. The number of hydrogen-bond acceptors (Lipinski definition) is 5. The van der Waals surface area contributed by atoms with E-state index in [9.17, 15) is 13.2 Å². The van der Waals surface area contributed by atoms with Gasteiger partial charge in [0.2, 0.25) is 0 Å². The highest BCUT2D eigenvalue weighted by Gasteiger charge is 2.19. The average molecular weight is 385 g/mol. The second-order valence-electron chi connectivity index (χ2n) is 6.14. The lowest BCUT2D eigenvalue weighted by Gasteiger charge is -2.12. The van der Waals surface area contributed by atoms with Gasteiger partial charge in [0.1, 0.15) is 6.07 Å². The fourth-order valence-corrected chi connectivity index (χ4v) is 3.92. The van der Waals surface area contributed by atoms with Gasteiger partial charge in [-0.25, -0.2) is 8.42 Å². The Morgan fingerprint density at radius 1 is 1.22 bits per heavy atom. The second-order valence-corrected chi connectivity index (χ2v) is 7.82. The van der Waals surface area contributed by atoms with Gasteiger partial charge in [0.25, 0.3) is 15.9 Å². The molecule has 7 nitrogen and oxygen atoms in total. The highest BCUT2D eigenvalue weighted by molar-refractivity contribution is 7.92. The van der Waals surface area contributed by atoms with Crippen molar-refractivity contribution in [2.45, 2.75) is 23.8 Å². The first-order chi connectivity index (χ1) is 13.0. The summed E-state index contributed by atoms with van der Waals surface area (Å²) >= 11 is 0. The minimum absolute atomic E-state index is 0.00464. The summed E-state index contributed by atoms with van der Waals surface area (Å²) in [5, 5.41) is 11.9. The van der Waals surface area contributed by atoms with E-state index in [0.717, 1.165) is 12.8 Å². The van der Waals surface area contributed by atoms with E-state index in [2.05, 4.69) is 10.0 Å². The lowest BCUT2D eigenvalue weighted by atomic mass is 10.2. The molecule has 0 radical (unpaired) electrons. The van der Waals surface area contributed by atoms with Crippen LogP contribution < -0.4 is 10.0 Å². The molecule has 1 aliphatic rings. The molecule has 2 aromatic carbocycles. The highest BCUT2D eigenvalue weighted by atomic mass is 32.2. The monoisotopic (exact) mass is 385 g/mol. The Labute approximate surface area is 158 Å². The SMILES string of the molecule is N#Cc1ccccc1NS(=O)(=O)c1cccc(C(=O)NCC2CCCO2)c1. The van der Waals surface area contributed by atoms with Crippen molar-refractivity contribution in [3.05, 3.63) is 59.7 Å². The van der Waals surface area contributed by atoms with Gasteiger partial charge in [0.05, 0.1) is 22.3 Å². The zero-order valence-corrected chi connectivity index (χ0v) is 15.3. The van der Waals surface area contributed by atoms with Crippen LogP contribution in [0.1, 0.15) is 28.8 Å². The van der Waals surface area contributed by atoms with E-state index < -0.39 is 10.0 Å². The first-order valence-electron chi connectivity index (χ1n) is 8.51. The standard InChI is InChI=1S/C19H19N3O4S/c20-12-15-5-1-2-9-18(15)22-27(24,25)17-8-3-6-14(11-17)19(23)21-13-16-7-4-10-26-16/h1-3,5-6,8-9,11,16,22H,4,7,10,13H2,(H,21,23). The zero-order chi connectivity index (χ0) is 19.3.